The van der Waals surface area contributed by atoms with Crippen LogP contribution in [0.1, 0.15) is 10.4 Å². The second-order valence-electron chi connectivity index (χ2n) is 4.99. The maximum Gasteiger partial charge on any atom is 0.122 e. The van der Waals surface area contributed by atoms with Crippen LogP contribution in [0, 0.1) is 0 Å². The molecule has 22 heavy (non-hydrogen) atoms. The van der Waals surface area contributed by atoms with Crippen LogP contribution in [-0.2, 0) is 13.2 Å². The summed E-state index contributed by atoms with van der Waals surface area (Å²) >= 11 is 1.72. The maximum absolute atomic E-state index is 5.75. The van der Waals surface area contributed by atoms with Gasteiger partial charge < -0.3 is 15.0 Å². The molecule has 0 unspecified atom stereocenters. The normalized spacial score (nSPS) is 9.95. The molecule has 0 amide bonds. The molecule has 1 aromatic carbocycles. The van der Waals surface area contributed by atoms with E-state index in [0.29, 0.717) is 6.61 Å². The smallest absolute Gasteiger partial charge is 0.122 e. The number of hydrogen-bond donors (Lipinski definition) is 1. The first-order valence-electron chi connectivity index (χ1n) is 6.83. The molecule has 124 valence electrons. The molecule has 2 rings (SSSR count). The molecule has 0 aliphatic rings. The molecule has 1 heterocycles. The molecule has 0 atom stereocenters. The molecule has 0 radical (unpaired) electrons. The Morgan fingerprint density at radius 1 is 1.09 bits per heavy atom. The van der Waals surface area contributed by atoms with Crippen molar-refractivity contribution < 1.29 is 4.74 Å². The third-order valence-electron chi connectivity index (χ3n) is 2.95. The van der Waals surface area contributed by atoms with E-state index in [0.717, 1.165) is 25.4 Å². The Hall–Kier alpha value is -0.780. The summed E-state index contributed by atoms with van der Waals surface area (Å²) < 4.78 is 5.75. The van der Waals surface area contributed by atoms with Crippen LogP contribution in [-0.4, -0.2) is 32.1 Å². The average Bonchev–Trinajstić information content (AvgIpc) is 2.96. The van der Waals surface area contributed by atoms with Gasteiger partial charge in [-0.2, -0.15) is 0 Å². The second-order valence-corrected chi connectivity index (χ2v) is 6.02. The lowest BCUT2D eigenvalue weighted by Gasteiger charge is -2.10. The summed E-state index contributed by atoms with van der Waals surface area (Å²) in [4.78, 5) is 3.42. The molecule has 0 saturated heterocycles. The van der Waals surface area contributed by atoms with Crippen molar-refractivity contribution in [3.63, 3.8) is 0 Å². The van der Waals surface area contributed by atoms with Crippen molar-refractivity contribution in [3.05, 3.63) is 52.2 Å². The van der Waals surface area contributed by atoms with Crippen molar-refractivity contribution in [2.75, 3.05) is 27.2 Å². The molecular weight excluding hydrogens is 339 g/mol. The maximum atomic E-state index is 5.75. The molecule has 1 N–H and O–H groups in total. The second kappa shape index (κ2) is 11.7. The predicted octanol–water partition coefficient (Wildman–Crippen LogP) is 3.82. The first-order valence-corrected chi connectivity index (χ1v) is 7.71. The van der Waals surface area contributed by atoms with Gasteiger partial charge in [-0.3, -0.25) is 0 Å². The summed E-state index contributed by atoms with van der Waals surface area (Å²) in [7, 11) is 4.17. The van der Waals surface area contributed by atoms with Gasteiger partial charge >= 0.3 is 0 Å². The van der Waals surface area contributed by atoms with Gasteiger partial charge in [0, 0.05) is 24.5 Å². The van der Waals surface area contributed by atoms with Gasteiger partial charge in [0.2, 0.25) is 0 Å². The monoisotopic (exact) mass is 362 g/mol. The third kappa shape index (κ3) is 8.01. The fourth-order valence-electron chi connectivity index (χ4n) is 1.79. The van der Waals surface area contributed by atoms with Gasteiger partial charge in [-0.1, -0.05) is 18.2 Å². The number of thiophene rings is 1. The van der Waals surface area contributed by atoms with E-state index in [2.05, 4.69) is 47.9 Å². The Bertz CT molecular complexity index is 489. The quantitative estimate of drug-likeness (QED) is 0.722. The van der Waals surface area contributed by atoms with Crippen LogP contribution in [0.3, 0.4) is 0 Å². The molecule has 0 fully saturated rings. The Labute approximate surface area is 149 Å². The zero-order chi connectivity index (χ0) is 14.2. The Balaban J connectivity index is 0.00000220. The van der Waals surface area contributed by atoms with Crippen molar-refractivity contribution >= 4 is 36.2 Å². The highest BCUT2D eigenvalue weighted by Gasteiger charge is 1.98. The third-order valence-corrected chi connectivity index (χ3v) is 3.80. The van der Waals surface area contributed by atoms with Crippen LogP contribution in [0.2, 0.25) is 0 Å². The highest BCUT2D eigenvalue weighted by molar-refractivity contribution is 7.09. The van der Waals surface area contributed by atoms with E-state index in [1.54, 1.807) is 11.3 Å². The van der Waals surface area contributed by atoms with Gasteiger partial charge in [0.1, 0.15) is 12.4 Å². The average molecular weight is 363 g/mol. The molecule has 2 aromatic rings. The molecular formula is C16H24Cl2N2OS. The number of hydrogen-bond acceptors (Lipinski definition) is 4. The number of nitrogens with zero attached hydrogens (tertiary/aromatic N) is 1. The fraction of sp³-hybridized carbons (Fsp3) is 0.375. The van der Waals surface area contributed by atoms with Gasteiger partial charge in [-0.25, -0.2) is 0 Å². The first kappa shape index (κ1) is 21.2. The molecule has 1 aromatic heterocycles. The molecule has 0 spiro atoms. The van der Waals surface area contributed by atoms with Gasteiger partial charge in [-0.05, 0) is 43.2 Å². The van der Waals surface area contributed by atoms with Gasteiger partial charge in [0.25, 0.3) is 0 Å². The number of likely N-dealkylation sites (N-methyl/N-ethyl adjacent to an activating group) is 1. The van der Waals surface area contributed by atoms with E-state index < -0.39 is 0 Å². The van der Waals surface area contributed by atoms with Crippen molar-refractivity contribution in [2.45, 2.75) is 13.2 Å². The zero-order valence-corrected chi connectivity index (χ0v) is 15.4. The standard InChI is InChI=1S/C16H22N2OS.2ClH/c1-18(2)10-9-17-12-14-5-7-15(8-6-14)19-13-16-4-3-11-20-16;;/h3-8,11,17H,9-10,12-13H2,1-2H3;2*1H. The van der Waals surface area contributed by atoms with Crippen molar-refractivity contribution in [1.29, 1.82) is 0 Å². The van der Waals surface area contributed by atoms with Crippen molar-refractivity contribution in [3.8, 4) is 5.75 Å². The SMILES string of the molecule is CN(C)CCNCc1ccc(OCc2cccs2)cc1.Cl.Cl. The lowest BCUT2D eigenvalue weighted by molar-refractivity contribution is 0.309. The zero-order valence-electron chi connectivity index (χ0n) is 13.0. The van der Waals surface area contributed by atoms with Crippen molar-refractivity contribution in [2.24, 2.45) is 0 Å². The summed E-state index contributed by atoms with van der Waals surface area (Å²) in [5, 5.41) is 5.50. The van der Waals surface area contributed by atoms with E-state index in [1.165, 1.54) is 10.4 Å². The minimum atomic E-state index is 0. The Morgan fingerprint density at radius 3 is 2.41 bits per heavy atom. The summed E-state index contributed by atoms with van der Waals surface area (Å²) in [6.45, 7) is 3.61. The first-order chi connectivity index (χ1) is 9.74. The van der Waals surface area contributed by atoms with Crippen molar-refractivity contribution in [1.82, 2.24) is 10.2 Å². The van der Waals surface area contributed by atoms with E-state index in [1.807, 2.05) is 18.2 Å². The largest absolute Gasteiger partial charge is 0.488 e. The van der Waals surface area contributed by atoms with E-state index >= 15 is 0 Å². The highest BCUT2D eigenvalue weighted by Crippen LogP contribution is 2.16. The number of halogens is 2. The van der Waals surface area contributed by atoms with E-state index in [4.69, 9.17) is 4.74 Å². The molecule has 0 bridgehead atoms. The van der Waals surface area contributed by atoms with E-state index in [-0.39, 0.29) is 24.8 Å². The van der Waals surface area contributed by atoms with E-state index in [9.17, 15) is 0 Å². The fourth-order valence-corrected chi connectivity index (χ4v) is 2.40. The highest BCUT2D eigenvalue weighted by atomic mass is 35.5. The van der Waals surface area contributed by atoms with Crippen LogP contribution in [0.4, 0.5) is 0 Å². The van der Waals surface area contributed by atoms with Gasteiger partial charge in [-0.15, -0.1) is 36.2 Å². The summed E-state index contributed by atoms with van der Waals surface area (Å²) in [5.41, 5.74) is 1.28. The number of benzene rings is 1. The minimum absolute atomic E-state index is 0. The van der Waals surface area contributed by atoms with Crippen LogP contribution >= 0.6 is 36.2 Å². The van der Waals surface area contributed by atoms with Crippen LogP contribution < -0.4 is 10.1 Å². The summed E-state index contributed by atoms with van der Waals surface area (Å²) in [5.74, 6) is 0.926. The van der Waals surface area contributed by atoms with Crippen LogP contribution in [0.5, 0.6) is 5.75 Å². The van der Waals surface area contributed by atoms with Crippen LogP contribution in [0.25, 0.3) is 0 Å². The minimum Gasteiger partial charge on any atom is -0.488 e. The summed E-state index contributed by atoms with van der Waals surface area (Å²) in [6.07, 6.45) is 0. The lowest BCUT2D eigenvalue weighted by Crippen LogP contribution is -2.26. The Kier molecular flexibility index (Phi) is 11.3. The number of nitrogens with one attached hydrogen (secondary N) is 1. The Morgan fingerprint density at radius 2 is 1.82 bits per heavy atom. The van der Waals surface area contributed by atoms with Crippen LogP contribution in [0.15, 0.2) is 41.8 Å². The molecule has 0 aliphatic heterocycles. The molecule has 0 aliphatic carbocycles. The predicted molar refractivity (Wildman–Crippen MR) is 99.8 cm³/mol. The van der Waals surface area contributed by atoms with Gasteiger partial charge in [0.05, 0.1) is 0 Å². The van der Waals surface area contributed by atoms with Gasteiger partial charge in [0.15, 0.2) is 0 Å². The summed E-state index contributed by atoms with van der Waals surface area (Å²) in [6, 6.07) is 12.4. The number of ether oxygens (including phenoxy) is 1. The number of rotatable bonds is 8. The lowest BCUT2D eigenvalue weighted by atomic mass is 10.2. The molecule has 0 saturated carbocycles. The molecule has 6 heteroatoms. The molecule has 3 nitrogen and oxygen atoms in total. The topological polar surface area (TPSA) is 24.5 Å².